The highest BCUT2D eigenvalue weighted by molar-refractivity contribution is 5.76. The summed E-state index contributed by atoms with van der Waals surface area (Å²) < 4.78 is 11.3. The van der Waals surface area contributed by atoms with E-state index < -0.39 is 0 Å². The Kier molecular flexibility index (Phi) is 21.3. The van der Waals surface area contributed by atoms with Crippen molar-refractivity contribution in [3.05, 3.63) is 0 Å². The molecule has 5 heteroatoms. The lowest BCUT2D eigenvalue weighted by Gasteiger charge is -2.18. The first-order chi connectivity index (χ1) is 17.2. The lowest BCUT2D eigenvalue weighted by atomic mass is 10.0. The van der Waals surface area contributed by atoms with Gasteiger partial charge in [0.2, 0.25) is 0 Å². The van der Waals surface area contributed by atoms with Gasteiger partial charge < -0.3 is 14.8 Å². The number of esters is 2. The third-order valence-electron chi connectivity index (χ3n) is 7.17. The summed E-state index contributed by atoms with van der Waals surface area (Å²) in [6, 6.07) is -0.0908. The minimum Gasteiger partial charge on any atom is -0.465 e. The Morgan fingerprint density at radius 1 is 0.743 bits per heavy atom. The van der Waals surface area contributed by atoms with Crippen LogP contribution in [-0.4, -0.2) is 37.2 Å². The van der Waals surface area contributed by atoms with E-state index in [1.807, 2.05) is 0 Å². The van der Waals surface area contributed by atoms with Crippen LogP contribution >= 0.6 is 0 Å². The van der Waals surface area contributed by atoms with Gasteiger partial charge in [0, 0.05) is 6.42 Å². The van der Waals surface area contributed by atoms with Crippen molar-refractivity contribution in [2.45, 2.75) is 167 Å². The Balaban J connectivity index is 2.10. The van der Waals surface area contributed by atoms with Gasteiger partial charge in [0.05, 0.1) is 6.61 Å². The monoisotopic (exact) mass is 495 g/mol. The summed E-state index contributed by atoms with van der Waals surface area (Å²) in [5.41, 5.74) is 0. The molecule has 0 radical (unpaired) electrons. The van der Waals surface area contributed by atoms with Crippen LogP contribution < -0.4 is 5.32 Å². The topological polar surface area (TPSA) is 64.6 Å². The Bertz CT molecular complexity index is 489. The standard InChI is InChI=1S/C30H57NO4/c1-3-5-7-9-12-16-21-27(22-17-13-10-8-6-4-2)35-29(32)24-18-14-11-15-19-26-34-30(33)28-23-20-25-31-28/h27-28,31H,3-26H2,1-2H3/t28-/m0/s1. The highest BCUT2D eigenvalue weighted by Crippen LogP contribution is 2.18. The van der Waals surface area contributed by atoms with Crippen molar-refractivity contribution in [2.24, 2.45) is 0 Å². The zero-order valence-corrected chi connectivity index (χ0v) is 23.3. The van der Waals surface area contributed by atoms with E-state index in [-0.39, 0.29) is 24.1 Å². The molecule has 1 fully saturated rings. The highest BCUT2D eigenvalue weighted by atomic mass is 16.5. The fourth-order valence-electron chi connectivity index (χ4n) is 4.87. The summed E-state index contributed by atoms with van der Waals surface area (Å²) in [5.74, 6) is -0.105. The van der Waals surface area contributed by atoms with Crippen LogP contribution in [0.5, 0.6) is 0 Å². The van der Waals surface area contributed by atoms with Crippen LogP contribution in [0, 0.1) is 0 Å². The van der Waals surface area contributed by atoms with Gasteiger partial charge in [-0.15, -0.1) is 0 Å². The van der Waals surface area contributed by atoms with Gasteiger partial charge in [-0.3, -0.25) is 9.59 Å². The Hall–Kier alpha value is -1.10. The van der Waals surface area contributed by atoms with Crippen molar-refractivity contribution in [3.63, 3.8) is 0 Å². The van der Waals surface area contributed by atoms with Crippen molar-refractivity contribution in [2.75, 3.05) is 13.2 Å². The molecule has 0 aliphatic carbocycles. The molecule has 0 aromatic carbocycles. The van der Waals surface area contributed by atoms with Gasteiger partial charge in [-0.1, -0.05) is 97.3 Å². The van der Waals surface area contributed by atoms with Crippen molar-refractivity contribution >= 4 is 11.9 Å². The quantitative estimate of drug-likeness (QED) is 0.108. The Labute approximate surface area is 216 Å². The first-order valence-electron chi connectivity index (χ1n) is 15.3. The highest BCUT2D eigenvalue weighted by Gasteiger charge is 2.23. The number of hydrogen-bond donors (Lipinski definition) is 1. The molecule has 1 atom stereocenters. The lowest BCUT2D eigenvalue weighted by molar-refractivity contribution is -0.150. The van der Waals surface area contributed by atoms with E-state index in [1.165, 1.54) is 77.0 Å². The van der Waals surface area contributed by atoms with E-state index in [9.17, 15) is 9.59 Å². The van der Waals surface area contributed by atoms with E-state index in [4.69, 9.17) is 9.47 Å². The van der Waals surface area contributed by atoms with E-state index in [2.05, 4.69) is 19.2 Å². The van der Waals surface area contributed by atoms with Gasteiger partial charge >= 0.3 is 11.9 Å². The van der Waals surface area contributed by atoms with Crippen LogP contribution in [0.1, 0.15) is 155 Å². The molecule has 1 N–H and O–H groups in total. The number of carbonyl (C=O) groups excluding carboxylic acids is 2. The molecule has 0 aromatic heterocycles. The molecule has 35 heavy (non-hydrogen) atoms. The summed E-state index contributed by atoms with van der Waals surface area (Å²) in [4.78, 5) is 24.3. The average molecular weight is 496 g/mol. The van der Waals surface area contributed by atoms with Crippen molar-refractivity contribution < 1.29 is 19.1 Å². The molecule has 0 aromatic rings. The van der Waals surface area contributed by atoms with Crippen molar-refractivity contribution in [1.82, 2.24) is 5.32 Å². The number of unbranched alkanes of at least 4 members (excludes halogenated alkanes) is 14. The number of nitrogens with one attached hydrogen (secondary N) is 1. The van der Waals surface area contributed by atoms with Gasteiger partial charge in [0.15, 0.2) is 0 Å². The van der Waals surface area contributed by atoms with Crippen LogP contribution in [0.4, 0.5) is 0 Å². The maximum atomic E-state index is 12.5. The second-order valence-electron chi connectivity index (χ2n) is 10.6. The Morgan fingerprint density at radius 2 is 1.29 bits per heavy atom. The predicted molar refractivity (Wildman–Crippen MR) is 146 cm³/mol. The first kappa shape index (κ1) is 31.9. The van der Waals surface area contributed by atoms with Crippen LogP contribution in [0.25, 0.3) is 0 Å². The maximum Gasteiger partial charge on any atom is 0.323 e. The largest absolute Gasteiger partial charge is 0.465 e. The minimum absolute atomic E-state index is 0.00930. The smallest absolute Gasteiger partial charge is 0.323 e. The zero-order chi connectivity index (χ0) is 25.4. The molecule has 0 unspecified atom stereocenters. The minimum atomic E-state index is -0.0956. The number of rotatable bonds is 24. The SMILES string of the molecule is CCCCCCCCC(CCCCCCCC)OC(=O)CCCCCCCOC(=O)[C@@H]1CCCN1. The molecule has 5 nitrogen and oxygen atoms in total. The maximum absolute atomic E-state index is 12.5. The van der Waals surface area contributed by atoms with Gasteiger partial charge in [-0.05, 0) is 57.9 Å². The van der Waals surface area contributed by atoms with Gasteiger partial charge in [0.25, 0.3) is 0 Å². The molecule has 1 saturated heterocycles. The molecule has 206 valence electrons. The molecular weight excluding hydrogens is 438 g/mol. The third kappa shape index (κ3) is 18.8. The molecular formula is C30H57NO4. The normalized spacial score (nSPS) is 15.6. The van der Waals surface area contributed by atoms with Crippen molar-refractivity contribution in [1.29, 1.82) is 0 Å². The van der Waals surface area contributed by atoms with E-state index >= 15 is 0 Å². The summed E-state index contributed by atoms with van der Waals surface area (Å²) in [7, 11) is 0. The molecule has 1 aliphatic rings. The molecule has 1 rings (SSSR count). The molecule has 1 aliphatic heterocycles. The molecule has 1 heterocycles. The first-order valence-corrected chi connectivity index (χ1v) is 15.3. The van der Waals surface area contributed by atoms with E-state index in [1.54, 1.807) is 0 Å². The Morgan fingerprint density at radius 3 is 1.86 bits per heavy atom. The number of ether oxygens (including phenoxy) is 2. The molecule has 0 amide bonds. The summed E-state index contributed by atoms with van der Waals surface area (Å²) >= 11 is 0. The van der Waals surface area contributed by atoms with E-state index in [0.29, 0.717) is 13.0 Å². The second-order valence-corrected chi connectivity index (χ2v) is 10.6. The summed E-state index contributed by atoms with van der Waals surface area (Å²) in [6.07, 6.45) is 25.0. The van der Waals surface area contributed by atoms with Gasteiger partial charge in [-0.25, -0.2) is 0 Å². The van der Waals surface area contributed by atoms with Crippen molar-refractivity contribution in [3.8, 4) is 0 Å². The van der Waals surface area contributed by atoms with Crippen LogP contribution in [0.15, 0.2) is 0 Å². The van der Waals surface area contributed by atoms with E-state index in [0.717, 1.165) is 64.3 Å². The summed E-state index contributed by atoms with van der Waals surface area (Å²) in [6.45, 7) is 5.93. The molecule has 0 spiro atoms. The van der Waals surface area contributed by atoms with Crippen LogP contribution in [-0.2, 0) is 19.1 Å². The average Bonchev–Trinajstić information content (AvgIpc) is 3.40. The van der Waals surface area contributed by atoms with Gasteiger partial charge in [-0.2, -0.15) is 0 Å². The van der Waals surface area contributed by atoms with Gasteiger partial charge in [0.1, 0.15) is 12.1 Å². The second kappa shape index (κ2) is 23.3. The molecule has 0 saturated carbocycles. The molecule has 0 bridgehead atoms. The summed E-state index contributed by atoms with van der Waals surface area (Å²) in [5, 5.41) is 3.17. The number of hydrogen-bond acceptors (Lipinski definition) is 5. The lowest BCUT2D eigenvalue weighted by Crippen LogP contribution is -2.32. The van der Waals surface area contributed by atoms with Crippen LogP contribution in [0.2, 0.25) is 0 Å². The zero-order valence-electron chi connectivity index (χ0n) is 23.3. The fourth-order valence-corrected chi connectivity index (χ4v) is 4.87. The third-order valence-corrected chi connectivity index (χ3v) is 7.17. The number of carbonyl (C=O) groups is 2. The fraction of sp³-hybridized carbons (Fsp3) is 0.933. The van der Waals surface area contributed by atoms with Crippen LogP contribution in [0.3, 0.4) is 0 Å². The predicted octanol–water partition coefficient (Wildman–Crippen LogP) is 8.04.